The highest BCUT2D eigenvalue weighted by molar-refractivity contribution is 6.01. The molecule has 1 spiro atoms. The second-order valence-corrected chi connectivity index (χ2v) is 16.3. The van der Waals surface area contributed by atoms with Crippen LogP contribution in [0.3, 0.4) is 0 Å². The lowest BCUT2D eigenvalue weighted by Gasteiger charge is -2.60. The normalized spacial score (nSPS) is 28.1. The van der Waals surface area contributed by atoms with E-state index in [1.807, 2.05) is 24.8 Å². The van der Waals surface area contributed by atoms with Gasteiger partial charge in [0.1, 0.15) is 28.0 Å². The number of aromatic nitrogens is 5. The molecule has 3 aliphatic heterocycles. The topological polar surface area (TPSA) is 131 Å². The molecule has 3 unspecified atom stereocenters. The molecule has 1 aromatic carbocycles. The summed E-state index contributed by atoms with van der Waals surface area (Å²) < 4.78 is 41.2. The second kappa shape index (κ2) is 12.2. The first-order chi connectivity index (χ1) is 24.6. The lowest BCUT2D eigenvalue weighted by atomic mass is 9.62. The standard InChI is InChI=1S/C38H48FN7O5/c1-22-13-26-25(16-40-44-26)28(23(22)2)31-30(39)32-29(34(41-31)48-4)33(45-11-12-49-18-36(3,47)17-45)43-35(42-32)51-21-38-8-5-7-27(38)46(10-6-9-38)24-14-37(15-24)19-50-20-37/h13,16,24,27,47H,5-12,14-15,17-21H2,1-4H3,(H,40,44). The Bertz CT molecular complexity index is 1990. The molecular formula is C38H48FN7O5. The van der Waals surface area contributed by atoms with E-state index in [1.54, 1.807) is 13.1 Å². The summed E-state index contributed by atoms with van der Waals surface area (Å²) in [4.78, 5) is 19.3. The molecule has 0 bridgehead atoms. The first kappa shape index (κ1) is 33.2. The number of pyridine rings is 1. The molecule has 12 nitrogen and oxygen atoms in total. The van der Waals surface area contributed by atoms with Gasteiger partial charge in [-0.25, -0.2) is 9.37 Å². The van der Waals surface area contributed by atoms with Gasteiger partial charge in [-0.15, -0.1) is 0 Å². The molecule has 2 aliphatic carbocycles. The van der Waals surface area contributed by atoms with Crippen molar-refractivity contribution in [1.29, 1.82) is 0 Å². The van der Waals surface area contributed by atoms with Crippen LogP contribution in [0.2, 0.25) is 0 Å². The number of benzene rings is 1. The lowest BCUT2D eigenvalue weighted by Crippen LogP contribution is -2.64. The average molecular weight is 702 g/mol. The number of anilines is 1. The zero-order chi connectivity index (χ0) is 35.1. The maximum atomic E-state index is 17.3. The van der Waals surface area contributed by atoms with Gasteiger partial charge in [0, 0.05) is 40.4 Å². The molecule has 6 heterocycles. The summed E-state index contributed by atoms with van der Waals surface area (Å²) in [6.45, 7) is 10.3. The highest BCUT2D eigenvalue weighted by atomic mass is 19.1. The molecule has 3 aromatic heterocycles. The van der Waals surface area contributed by atoms with E-state index >= 15 is 4.39 Å². The van der Waals surface area contributed by atoms with Crippen molar-refractivity contribution in [3.63, 3.8) is 0 Å². The van der Waals surface area contributed by atoms with Crippen LogP contribution in [-0.4, -0.2) is 113 Å². The molecule has 4 aromatic rings. The number of hydrogen-bond acceptors (Lipinski definition) is 11. The van der Waals surface area contributed by atoms with E-state index in [4.69, 9.17) is 33.9 Å². The number of nitrogens with one attached hydrogen (secondary N) is 1. The van der Waals surface area contributed by atoms with Crippen LogP contribution in [0.15, 0.2) is 12.3 Å². The molecule has 2 saturated carbocycles. The fourth-order valence-electron chi connectivity index (χ4n) is 9.91. The smallest absolute Gasteiger partial charge is 0.319 e. The Morgan fingerprint density at radius 2 is 1.90 bits per heavy atom. The molecule has 272 valence electrons. The Morgan fingerprint density at radius 3 is 2.69 bits per heavy atom. The molecule has 0 radical (unpaired) electrons. The second-order valence-electron chi connectivity index (χ2n) is 16.3. The van der Waals surface area contributed by atoms with Crippen LogP contribution in [0, 0.1) is 30.5 Å². The van der Waals surface area contributed by atoms with Gasteiger partial charge < -0.3 is 29.0 Å². The van der Waals surface area contributed by atoms with Gasteiger partial charge in [0.15, 0.2) is 5.82 Å². The Labute approximate surface area is 297 Å². The van der Waals surface area contributed by atoms with Gasteiger partial charge in [0.05, 0.1) is 58.4 Å². The molecule has 51 heavy (non-hydrogen) atoms. The van der Waals surface area contributed by atoms with Crippen molar-refractivity contribution in [3.8, 4) is 23.1 Å². The number of aliphatic hydroxyl groups is 1. The molecular weight excluding hydrogens is 653 g/mol. The summed E-state index contributed by atoms with van der Waals surface area (Å²) in [7, 11) is 1.52. The van der Waals surface area contributed by atoms with Crippen LogP contribution in [0.4, 0.5) is 10.2 Å². The van der Waals surface area contributed by atoms with Crippen molar-refractivity contribution in [3.05, 3.63) is 29.2 Å². The number of fused-ring (bicyclic) bond motifs is 3. The molecule has 5 fully saturated rings. The Kier molecular flexibility index (Phi) is 7.95. The fourth-order valence-corrected chi connectivity index (χ4v) is 9.91. The third kappa shape index (κ3) is 5.45. The fraction of sp³-hybridized carbons (Fsp3) is 0.632. The van der Waals surface area contributed by atoms with Crippen LogP contribution in [0.1, 0.15) is 63.0 Å². The van der Waals surface area contributed by atoms with E-state index in [0.717, 1.165) is 73.9 Å². The summed E-state index contributed by atoms with van der Waals surface area (Å²) in [6.07, 6.45) is 9.78. The molecule has 0 amide bonds. The number of aryl methyl sites for hydroxylation is 1. The number of piperidine rings is 1. The SMILES string of the molecule is COc1nc(-c2c(C)c(C)cc3[nH]ncc23)c(F)c2nc(OCC34CCCC3N(C3CC5(COC5)C3)CCC4)nc(N3CCOCC(C)(O)C3)c12. The predicted molar refractivity (Wildman–Crippen MR) is 190 cm³/mol. The van der Waals surface area contributed by atoms with Crippen LogP contribution >= 0.6 is 0 Å². The summed E-state index contributed by atoms with van der Waals surface area (Å²) in [6, 6.07) is 3.17. The monoisotopic (exact) mass is 701 g/mol. The van der Waals surface area contributed by atoms with Crippen molar-refractivity contribution in [2.45, 2.75) is 83.4 Å². The van der Waals surface area contributed by atoms with Gasteiger partial charge in [-0.05, 0) is 83.0 Å². The van der Waals surface area contributed by atoms with E-state index < -0.39 is 11.4 Å². The van der Waals surface area contributed by atoms with Crippen LogP contribution in [0.5, 0.6) is 11.9 Å². The number of H-pyrrole nitrogens is 1. The van der Waals surface area contributed by atoms with Gasteiger partial charge >= 0.3 is 6.01 Å². The quantitative estimate of drug-likeness (QED) is 0.267. The van der Waals surface area contributed by atoms with Gasteiger partial charge in [-0.3, -0.25) is 10.00 Å². The highest BCUT2D eigenvalue weighted by Gasteiger charge is 2.56. The Hall–Kier alpha value is -3.65. The number of aromatic amines is 1. The molecule has 2 N–H and O–H groups in total. The van der Waals surface area contributed by atoms with Crippen molar-refractivity contribution in [2.75, 3.05) is 64.7 Å². The van der Waals surface area contributed by atoms with Gasteiger partial charge in [0.25, 0.3) is 0 Å². The number of nitrogens with zero attached hydrogens (tertiary/aromatic N) is 6. The Morgan fingerprint density at radius 1 is 1.08 bits per heavy atom. The number of β-amino-alcohol motifs (C(OH)–C–C–N with tert-alkyl or cyclic N) is 1. The van der Waals surface area contributed by atoms with E-state index in [0.29, 0.717) is 54.0 Å². The van der Waals surface area contributed by atoms with Gasteiger partial charge in [0.2, 0.25) is 5.88 Å². The minimum absolute atomic E-state index is 0.0130. The number of halogens is 1. The van der Waals surface area contributed by atoms with Crippen molar-refractivity contribution in [1.82, 2.24) is 30.0 Å². The van der Waals surface area contributed by atoms with Gasteiger partial charge in [-0.1, -0.05) is 6.42 Å². The highest BCUT2D eigenvalue weighted by Crippen LogP contribution is 2.55. The molecule has 3 saturated heterocycles. The predicted octanol–water partition coefficient (Wildman–Crippen LogP) is 5.11. The molecule has 9 rings (SSSR count). The maximum absolute atomic E-state index is 17.3. The number of methoxy groups -OCH3 is 1. The minimum atomic E-state index is -1.16. The van der Waals surface area contributed by atoms with Gasteiger partial charge in [-0.2, -0.15) is 15.1 Å². The van der Waals surface area contributed by atoms with Crippen molar-refractivity contribution in [2.24, 2.45) is 10.8 Å². The molecule has 13 heteroatoms. The lowest BCUT2D eigenvalue weighted by molar-refractivity contribution is -0.196. The maximum Gasteiger partial charge on any atom is 0.319 e. The van der Waals surface area contributed by atoms with Crippen molar-refractivity contribution < 1.29 is 28.4 Å². The first-order valence-electron chi connectivity index (χ1n) is 18.5. The van der Waals surface area contributed by atoms with E-state index in [1.165, 1.54) is 20.0 Å². The number of rotatable bonds is 7. The van der Waals surface area contributed by atoms with Crippen molar-refractivity contribution >= 4 is 27.6 Å². The third-order valence-electron chi connectivity index (χ3n) is 12.6. The Balaban J connectivity index is 1.13. The van der Waals surface area contributed by atoms with Crippen LogP contribution in [0.25, 0.3) is 33.1 Å². The number of likely N-dealkylation sites (tertiary alicyclic amines) is 1. The summed E-state index contributed by atoms with van der Waals surface area (Å²) in [5.41, 5.74) is 2.72. The zero-order valence-electron chi connectivity index (χ0n) is 30.1. The number of hydrogen-bond donors (Lipinski definition) is 2. The molecule has 5 aliphatic rings. The summed E-state index contributed by atoms with van der Waals surface area (Å²) >= 11 is 0. The van der Waals surface area contributed by atoms with Crippen LogP contribution in [-0.2, 0) is 9.47 Å². The minimum Gasteiger partial charge on any atom is -0.480 e. The summed E-state index contributed by atoms with van der Waals surface area (Å²) in [5, 5.41) is 19.5. The van der Waals surface area contributed by atoms with Crippen LogP contribution < -0.4 is 14.4 Å². The largest absolute Gasteiger partial charge is 0.480 e. The number of ether oxygens (including phenoxy) is 4. The van der Waals surface area contributed by atoms with E-state index in [9.17, 15) is 5.11 Å². The third-order valence-corrected chi connectivity index (χ3v) is 12.6. The van der Waals surface area contributed by atoms with E-state index in [2.05, 4.69) is 15.1 Å². The summed E-state index contributed by atoms with van der Waals surface area (Å²) in [5.74, 6) is 0.00371. The molecule has 3 atom stereocenters. The zero-order valence-corrected chi connectivity index (χ0v) is 30.1. The first-order valence-corrected chi connectivity index (χ1v) is 18.5. The van der Waals surface area contributed by atoms with E-state index in [-0.39, 0.29) is 41.7 Å². The average Bonchev–Trinajstić information content (AvgIpc) is 3.68.